The number of methoxy groups -OCH3 is 1. The molecule has 0 spiro atoms. The minimum Gasteiger partial charge on any atom is -0.493 e. The number of carboxylic acids is 1. The van der Waals surface area contributed by atoms with Crippen LogP contribution in [0.15, 0.2) is 30.7 Å². The van der Waals surface area contributed by atoms with Crippen LogP contribution in [0.4, 0.5) is 23.1 Å². The molecular formula is C38H48N12O11S2. The number of anilines is 3. The highest BCUT2D eigenvalue weighted by molar-refractivity contribution is 8.17. The number of aliphatic carboxylic acids is 1. The number of benzene rings is 1. The lowest BCUT2D eigenvalue weighted by molar-refractivity contribution is -0.385. The van der Waals surface area contributed by atoms with Gasteiger partial charge in [-0.3, -0.25) is 38.9 Å². The topological polar surface area (TPSA) is 289 Å². The number of aromatic nitrogens is 6. The molecule has 1 aliphatic rings. The molecule has 3 aromatic heterocycles. The molecule has 23 nitrogen and oxygen atoms in total. The first-order valence-corrected chi connectivity index (χ1v) is 21.7. The quantitative estimate of drug-likeness (QED) is 0.0347. The Labute approximate surface area is 369 Å². The van der Waals surface area contributed by atoms with Crippen molar-refractivity contribution in [3.8, 4) is 11.5 Å². The van der Waals surface area contributed by atoms with E-state index in [1.54, 1.807) is 28.4 Å². The first kappa shape index (κ1) is 47.4. The van der Waals surface area contributed by atoms with Crippen molar-refractivity contribution in [3.05, 3.63) is 63.9 Å². The molecule has 338 valence electrons. The summed E-state index contributed by atoms with van der Waals surface area (Å²) in [5, 5.41) is 30.9. The number of carboxylic acid groups (broad SMARTS) is 1. The van der Waals surface area contributed by atoms with Crippen molar-refractivity contribution in [1.82, 2.24) is 38.9 Å². The molecule has 1 atom stereocenters. The van der Waals surface area contributed by atoms with Gasteiger partial charge < -0.3 is 54.4 Å². The first-order chi connectivity index (χ1) is 30.0. The number of hydrogen-bond donors (Lipinski definition) is 5. The standard InChI is InChI=1S/C38H48N12O11S2/c1-7-62-38(63-8-2)22-11-9-13-49(22)37(57)21-15-24(60-6)25(16-23(21)50(58)59)61-14-10-12-29(51)40-26-18-47(4)32(41-26)35(55)45-28-20-48(5)33(43-28)36(56)44-27-19-46(3)31(42-27)34(54)39-17-30(52)53/h15-16,18-20,22,38H,7-14,17H2,1-6H3,(H,39,54)(H,40,51)(H,44,56)(H,45,55)(H,52,53)/t22-/m0/s1. The van der Waals surface area contributed by atoms with Crippen LogP contribution in [0.3, 0.4) is 0 Å². The number of imidazole rings is 3. The van der Waals surface area contributed by atoms with Crippen LogP contribution in [0, 0.1) is 10.1 Å². The largest absolute Gasteiger partial charge is 0.493 e. The van der Waals surface area contributed by atoms with Crippen molar-refractivity contribution in [3.63, 3.8) is 0 Å². The van der Waals surface area contributed by atoms with E-state index in [0.29, 0.717) is 6.54 Å². The van der Waals surface area contributed by atoms with Crippen LogP contribution < -0.4 is 30.7 Å². The number of nitrogens with zero attached hydrogens (tertiary/aromatic N) is 8. The van der Waals surface area contributed by atoms with Gasteiger partial charge in [0.25, 0.3) is 29.3 Å². The Kier molecular flexibility index (Phi) is 16.1. The molecule has 5 N–H and O–H groups in total. The zero-order valence-electron chi connectivity index (χ0n) is 35.3. The van der Waals surface area contributed by atoms with Crippen LogP contribution in [-0.4, -0.2) is 128 Å². The molecule has 1 aliphatic heterocycles. The van der Waals surface area contributed by atoms with Crippen molar-refractivity contribution in [2.24, 2.45) is 21.1 Å². The molecule has 0 aliphatic carbocycles. The van der Waals surface area contributed by atoms with E-state index >= 15 is 0 Å². The number of rotatable bonds is 21. The fraction of sp³-hybridized carbons (Fsp3) is 0.447. The average molecular weight is 913 g/mol. The van der Waals surface area contributed by atoms with Gasteiger partial charge in [0.05, 0.1) is 35.3 Å². The Morgan fingerprint density at radius 1 is 0.857 bits per heavy atom. The van der Waals surface area contributed by atoms with Gasteiger partial charge >= 0.3 is 5.97 Å². The lowest BCUT2D eigenvalue weighted by Crippen LogP contribution is -2.41. The van der Waals surface area contributed by atoms with Gasteiger partial charge in [0.2, 0.25) is 23.4 Å². The number of aryl methyl sites for hydroxylation is 3. The van der Waals surface area contributed by atoms with Crippen molar-refractivity contribution >= 4 is 82.2 Å². The maximum Gasteiger partial charge on any atom is 0.322 e. The van der Waals surface area contributed by atoms with E-state index in [0.717, 1.165) is 24.3 Å². The molecule has 25 heteroatoms. The number of carbonyl (C=O) groups is 6. The summed E-state index contributed by atoms with van der Waals surface area (Å²) in [7, 11) is 5.90. The monoisotopic (exact) mass is 912 g/mol. The van der Waals surface area contributed by atoms with Crippen molar-refractivity contribution < 1.29 is 48.3 Å². The number of hydrogen-bond acceptors (Lipinski definition) is 15. The van der Waals surface area contributed by atoms with Crippen molar-refractivity contribution in [1.29, 1.82) is 0 Å². The van der Waals surface area contributed by atoms with Gasteiger partial charge in [0.15, 0.2) is 29.0 Å². The Morgan fingerprint density at radius 2 is 1.40 bits per heavy atom. The fourth-order valence-electron chi connectivity index (χ4n) is 6.64. The van der Waals surface area contributed by atoms with Crippen molar-refractivity contribution in [2.45, 2.75) is 50.2 Å². The number of nitrogens with one attached hydrogen (secondary N) is 4. The number of thioether (sulfide) groups is 2. The number of carbonyl (C=O) groups excluding carboxylic acids is 5. The summed E-state index contributed by atoms with van der Waals surface area (Å²) in [6, 6.07) is 2.45. The molecule has 0 saturated carbocycles. The highest BCUT2D eigenvalue weighted by Crippen LogP contribution is 2.39. The third-order valence-electron chi connectivity index (χ3n) is 9.44. The average Bonchev–Trinajstić information content (AvgIpc) is 4.04. The summed E-state index contributed by atoms with van der Waals surface area (Å²) in [4.78, 5) is 102. The molecule has 63 heavy (non-hydrogen) atoms. The number of likely N-dealkylation sites (tertiary alicyclic amines) is 1. The molecule has 1 aromatic carbocycles. The molecular weight excluding hydrogens is 865 g/mol. The van der Waals surface area contributed by atoms with Gasteiger partial charge in [-0.05, 0) is 30.8 Å². The maximum absolute atomic E-state index is 13.8. The summed E-state index contributed by atoms with van der Waals surface area (Å²) in [6.07, 6.45) is 5.91. The molecule has 0 unspecified atom stereocenters. The Balaban J connectivity index is 1.14. The van der Waals surface area contributed by atoms with Crippen LogP contribution in [-0.2, 0) is 30.7 Å². The second kappa shape index (κ2) is 21.4. The van der Waals surface area contributed by atoms with Gasteiger partial charge in [-0.2, -0.15) is 0 Å². The fourth-order valence-corrected chi connectivity index (χ4v) is 9.51. The minimum absolute atomic E-state index is 0.000697. The van der Waals surface area contributed by atoms with Crippen LogP contribution in [0.1, 0.15) is 81.7 Å². The number of ether oxygens (including phenoxy) is 2. The molecule has 5 rings (SSSR count). The lowest BCUT2D eigenvalue weighted by atomic mass is 10.1. The summed E-state index contributed by atoms with van der Waals surface area (Å²) >= 11 is 3.53. The predicted molar refractivity (Wildman–Crippen MR) is 233 cm³/mol. The number of amides is 5. The summed E-state index contributed by atoms with van der Waals surface area (Å²) in [5.74, 6) is -2.66. The van der Waals surface area contributed by atoms with Gasteiger partial charge in [-0.1, -0.05) is 13.8 Å². The van der Waals surface area contributed by atoms with E-state index in [1.807, 2.05) is 0 Å². The van der Waals surface area contributed by atoms with E-state index < -0.39 is 52.7 Å². The van der Waals surface area contributed by atoms with Gasteiger partial charge in [0, 0.05) is 58.8 Å². The lowest BCUT2D eigenvalue weighted by Gasteiger charge is -2.31. The zero-order chi connectivity index (χ0) is 46.0. The molecule has 1 fully saturated rings. The SMILES string of the molecule is CCSC(SCC)[C@@H]1CCCN1C(=O)c1cc(OC)c(OCCCC(=O)Nc2cn(C)c(C(=O)Nc3cn(C)c(C(=O)Nc4cn(C)c(C(=O)NCC(=O)O)n4)n3)n2)cc1[N+](=O)[O-]. The van der Waals surface area contributed by atoms with Crippen LogP contribution in [0.2, 0.25) is 0 Å². The summed E-state index contributed by atoms with van der Waals surface area (Å²) in [6.45, 7) is 3.98. The highest BCUT2D eigenvalue weighted by atomic mass is 32.2. The smallest absolute Gasteiger partial charge is 0.322 e. The molecule has 5 amide bonds. The molecule has 1 saturated heterocycles. The normalized spacial score (nSPS) is 13.4. The third kappa shape index (κ3) is 11.8. The number of nitro groups is 1. The number of nitro benzene ring substituents is 1. The van der Waals surface area contributed by atoms with E-state index in [4.69, 9.17) is 14.6 Å². The Bertz CT molecular complexity index is 2370. The van der Waals surface area contributed by atoms with E-state index in [9.17, 15) is 38.9 Å². The molecule has 0 bridgehead atoms. The molecule has 4 aromatic rings. The maximum atomic E-state index is 13.8. The van der Waals surface area contributed by atoms with E-state index in [1.165, 1.54) is 72.7 Å². The summed E-state index contributed by atoms with van der Waals surface area (Å²) in [5.41, 5.74) is -0.497. The van der Waals surface area contributed by atoms with Crippen LogP contribution in [0.25, 0.3) is 0 Å². The van der Waals surface area contributed by atoms with E-state index in [-0.39, 0.29) is 82.1 Å². The van der Waals surface area contributed by atoms with Crippen LogP contribution in [0.5, 0.6) is 11.5 Å². The second-order valence-electron chi connectivity index (χ2n) is 13.9. The van der Waals surface area contributed by atoms with Crippen LogP contribution >= 0.6 is 23.5 Å². The van der Waals surface area contributed by atoms with Gasteiger partial charge in [-0.15, -0.1) is 23.5 Å². The van der Waals surface area contributed by atoms with Gasteiger partial charge in [0.1, 0.15) is 12.1 Å². The minimum atomic E-state index is -1.24. The molecule has 4 heterocycles. The second-order valence-corrected chi connectivity index (χ2v) is 17.1. The first-order valence-electron chi connectivity index (χ1n) is 19.6. The predicted octanol–water partition coefficient (Wildman–Crippen LogP) is 3.36. The Hall–Kier alpha value is -6.63. The Morgan fingerprint density at radius 3 is 1.90 bits per heavy atom. The zero-order valence-corrected chi connectivity index (χ0v) is 37.0. The van der Waals surface area contributed by atoms with Crippen molar-refractivity contribution in [2.75, 3.05) is 54.3 Å². The van der Waals surface area contributed by atoms with E-state index in [2.05, 4.69) is 50.1 Å². The highest BCUT2D eigenvalue weighted by Gasteiger charge is 2.38. The van der Waals surface area contributed by atoms with Gasteiger partial charge in [-0.25, -0.2) is 15.0 Å². The summed E-state index contributed by atoms with van der Waals surface area (Å²) < 4.78 is 15.5. The molecule has 0 radical (unpaired) electrons. The third-order valence-corrected chi connectivity index (χ3v) is 12.2.